The summed E-state index contributed by atoms with van der Waals surface area (Å²) in [5.41, 5.74) is 1.25. The lowest BCUT2D eigenvalue weighted by Crippen LogP contribution is -2.03. The van der Waals surface area contributed by atoms with E-state index in [4.69, 9.17) is 4.74 Å². The van der Waals surface area contributed by atoms with E-state index in [9.17, 15) is 5.11 Å². The Hall–Kier alpha value is -1.02. The summed E-state index contributed by atoms with van der Waals surface area (Å²) in [6.45, 7) is 2.39. The van der Waals surface area contributed by atoms with Gasteiger partial charge in [0.2, 0.25) is 0 Å². The monoisotopic (exact) mass is 389 g/mol. The smallest absolute Gasteiger partial charge is 0.122 e. The molecule has 0 spiro atoms. The van der Waals surface area contributed by atoms with Crippen molar-refractivity contribution in [1.82, 2.24) is 0 Å². The molecule has 0 aliphatic carbocycles. The summed E-state index contributed by atoms with van der Waals surface area (Å²) in [5.74, 6) is 0.902. The summed E-state index contributed by atoms with van der Waals surface area (Å²) < 4.78 is 5.55. The molecule has 0 aliphatic heterocycles. The molecule has 0 atom stereocenters. The normalized spacial score (nSPS) is 11.1. The molecule has 0 bridgehead atoms. The summed E-state index contributed by atoms with van der Waals surface area (Å²) in [4.78, 5) is 0. The zero-order valence-corrected chi connectivity index (χ0v) is 18.6. The average molecular weight is 390 g/mol. The van der Waals surface area contributed by atoms with Crippen LogP contribution in [-0.4, -0.2) is 13.2 Å². The molecule has 2 heteroatoms. The first-order chi connectivity index (χ1) is 13.9. The summed E-state index contributed by atoms with van der Waals surface area (Å²) >= 11 is 0. The van der Waals surface area contributed by atoms with Gasteiger partial charge in [-0.2, -0.15) is 0 Å². The van der Waals surface area contributed by atoms with Gasteiger partial charge in [-0.3, -0.25) is 0 Å². The maximum Gasteiger partial charge on any atom is 0.122 e. The molecule has 28 heavy (non-hydrogen) atoms. The number of rotatable bonds is 20. The summed E-state index contributed by atoms with van der Waals surface area (Å²) in [5, 5.41) is 10.6. The van der Waals surface area contributed by atoms with Gasteiger partial charge in [0.05, 0.1) is 0 Å². The van der Waals surface area contributed by atoms with Gasteiger partial charge in [0.15, 0.2) is 0 Å². The molecule has 0 saturated heterocycles. The van der Waals surface area contributed by atoms with Crippen molar-refractivity contribution in [1.29, 1.82) is 0 Å². The van der Waals surface area contributed by atoms with E-state index in [0.29, 0.717) is 0 Å². The molecule has 0 amide bonds. The van der Waals surface area contributed by atoms with E-state index in [-0.39, 0.29) is 13.2 Å². The van der Waals surface area contributed by atoms with Gasteiger partial charge in [-0.1, -0.05) is 121 Å². The Labute approximate surface area is 175 Å². The second-order valence-corrected chi connectivity index (χ2v) is 8.21. The second-order valence-electron chi connectivity index (χ2n) is 8.21. The van der Waals surface area contributed by atoms with Gasteiger partial charge in [0.25, 0.3) is 0 Å². The molecule has 2 nitrogen and oxygen atoms in total. The van der Waals surface area contributed by atoms with Crippen LogP contribution in [0.1, 0.15) is 115 Å². The van der Waals surface area contributed by atoms with Crippen molar-refractivity contribution in [2.75, 3.05) is 13.2 Å². The van der Waals surface area contributed by atoms with Crippen molar-refractivity contribution in [2.45, 2.75) is 116 Å². The summed E-state index contributed by atoms with van der Waals surface area (Å²) in [7, 11) is 0. The zero-order valence-electron chi connectivity index (χ0n) is 18.6. The van der Waals surface area contributed by atoms with Gasteiger partial charge in [0.1, 0.15) is 19.0 Å². The van der Waals surface area contributed by atoms with Gasteiger partial charge >= 0.3 is 0 Å². The summed E-state index contributed by atoms with van der Waals surface area (Å²) in [6, 6.07) is 8.16. The number of para-hydroxylation sites is 1. The third-order valence-electron chi connectivity index (χ3n) is 5.61. The highest BCUT2D eigenvalue weighted by atomic mass is 16.5. The Morgan fingerprint density at radius 3 is 1.61 bits per heavy atom. The first kappa shape index (κ1) is 25.0. The number of unbranched alkanes of at least 4 members (excludes halogenated alkanes) is 15. The number of aryl methyl sites for hydroxylation is 1. The molecule has 1 aromatic carbocycles. The predicted octanol–water partition coefficient (Wildman–Crippen LogP) is 8.30. The molecule has 0 aromatic heterocycles. The molecule has 0 N–H and O–H groups in total. The quantitative estimate of drug-likeness (QED) is 0.206. The van der Waals surface area contributed by atoms with Crippen molar-refractivity contribution in [3.63, 3.8) is 0 Å². The number of hydrogen-bond acceptors (Lipinski definition) is 1. The molecular formula is C26H45O2. The lowest BCUT2D eigenvalue weighted by Gasteiger charge is -2.10. The molecule has 0 saturated carbocycles. The standard InChI is InChI=1S/C26H45O2/c1-2-3-4-5-6-7-8-9-10-11-12-13-14-15-16-17-20-25-21-18-19-22-26(25)28-24-23-27/h18-19,21-22H,2-17,20,23-24H2,1H3. The maximum absolute atomic E-state index is 10.6. The average Bonchev–Trinajstić information content (AvgIpc) is 2.72. The van der Waals surface area contributed by atoms with Gasteiger partial charge in [0, 0.05) is 0 Å². The van der Waals surface area contributed by atoms with E-state index in [1.165, 1.54) is 108 Å². The van der Waals surface area contributed by atoms with Crippen LogP contribution >= 0.6 is 0 Å². The van der Waals surface area contributed by atoms with Crippen molar-refractivity contribution < 1.29 is 9.84 Å². The van der Waals surface area contributed by atoms with Crippen molar-refractivity contribution in [3.05, 3.63) is 29.8 Å². The number of benzene rings is 1. The lowest BCUT2D eigenvalue weighted by atomic mass is 10.0. The van der Waals surface area contributed by atoms with E-state index in [0.717, 1.165) is 12.2 Å². The Balaban J connectivity index is 1.86. The summed E-state index contributed by atoms with van der Waals surface area (Å²) in [6.07, 6.45) is 23.5. The van der Waals surface area contributed by atoms with Crippen LogP contribution in [-0.2, 0) is 11.5 Å². The van der Waals surface area contributed by atoms with E-state index in [1.54, 1.807) is 0 Å². The Bertz CT molecular complexity index is 444. The molecule has 0 aliphatic rings. The fraction of sp³-hybridized carbons (Fsp3) is 0.769. The second kappa shape index (κ2) is 19.3. The zero-order chi connectivity index (χ0) is 20.1. The van der Waals surface area contributed by atoms with Gasteiger partial charge in [-0.25, -0.2) is 5.11 Å². The topological polar surface area (TPSA) is 29.1 Å². The van der Waals surface area contributed by atoms with Crippen LogP contribution in [0.2, 0.25) is 0 Å². The first-order valence-electron chi connectivity index (χ1n) is 12.2. The number of hydrogen-bond donors (Lipinski definition) is 0. The fourth-order valence-electron chi connectivity index (χ4n) is 3.87. The highest BCUT2D eigenvalue weighted by molar-refractivity contribution is 5.33. The first-order valence-corrected chi connectivity index (χ1v) is 12.2. The van der Waals surface area contributed by atoms with Gasteiger partial charge < -0.3 is 4.74 Å². The molecular weight excluding hydrogens is 344 g/mol. The molecule has 0 unspecified atom stereocenters. The van der Waals surface area contributed by atoms with Crippen LogP contribution in [0.3, 0.4) is 0 Å². The van der Waals surface area contributed by atoms with Crippen LogP contribution in [0.15, 0.2) is 24.3 Å². The van der Waals surface area contributed by atoms with E-state index >= 15 is 0 Å². The van der Waals surface area contributed by atoms with Gasteiger partial charge in [-0.05, 0) is 24.5 Å². The molecule has 0 heterocycles. The Morgan fingerprint density at radius 1 is 0.643 bits per heavy atom. The minimum Gasteiger partial charge on any atom is -0.491 e. The largest absolute Gasteiger partial charge is 0.491 e. The minimum absolute atomic E-state index is 0.173. The van der Waals surface area contributed by atoms with Crippen LogP contribution in [0, 0.1) is 0 Å². The van der Waals surface area contributed by atoms with Crippen molar-refractivity contribution >= 4 is 0 Å². The highest BCUT2D eigenvalue weighted by Gasteiger charge is 2.02. The van der Waals surface area contributed by atoms with Crippen LogP contribution in [0.5, 0.6) is 5.75 Å². The molecule has 1 aromatic rings. The minimum atomic E-state index is -0.173. The fourth-order valence-corrected chi connectivity index (χ4v) is 3.87. The third kappa shape index (κ3) is 14.0. The third-order valence-corrected chi connectivity index (χ3v) is 5.61. The maximum atomic E-state index is 10.6. The Morgan fingerprint density at radius 2 is 1.11 bits per heavy atom. The molecule has 161 valence electrons. The van der Waals surface area contributed by atoms with E-state index < -0.39 is 0 Å². The predicted molar refractivity (Wildman–Crippen MR) is 121 cm³/mol. The lowest BCUT2D eigenvalue weighted by molar-refractivity contribution is 0.137. The van der Waals surface area contributed by atoms with Crippen LogP contribution < -0.4 is 4.74 Å². The van der Waals surface area contributed by atoms with Crippen molar-refractivity contribution in [2.24, 2.45) is 0 Å². The molecule has 1 rings (SSSR count). The SMILES string of the molecule is CCCCCCCCCCCCCCCCCCc1ccccc1OCC[O]. The molecule has 0 fully saturated rings. The molecule has 1 radical (unpaired) electrons. The van der Waals surface area contributed by atoms with E-state index in [1.807, 2.05) is 12.1 Å². The van der Waals surface area contributed by atoms with Crippen molar-refractivity contribution in [3.8, 4) is 5.75 Å². The Kier molecular flexibility index (Phi) is 17.2. The van der Waals surface area contributed by atoms with E-state index in [2.05, 4.69) is 19.1 Å². The van der Waals surface area contributed by atoms with Gasteiger partial charge in [-0.15, -0.1) is 0 Å². The number of ether oxygens (including phenoxy) is 1. The van der Waals surface area contributed by atoms with Crippen LogP contribution in [0.25, 0.3) is 0 Å². The highest BCUT2D eigenvalue weighted by Crippen LogP contribution is 2.21. The van der Waals surface area contributed by atoms with Crippen LogP contribution in [0.4, 0.5) is 0 Å².